The minimum atomic E-state index is -0.393. The lowest BCUT2D eigenvalue weighted by molar-refractivity contribution is -0.384. The van der Waals surface area contributed by atoms with Crippen molar-refractivity contribution in [2.75, 3.05) is 12.0 Å². The van der Waals surface area contributed by atoms with Crippen LogP contribution in [0.15, 0.2) is 125 Å². The number of thiocarbonyl (C=S) groups is 1. The van der Waals surface area contributed by atoms with E-state index >= 15 is 0 Å². The zero-order valence-corrected chi connectivity index (χ0v) is 23.6. The minimum Gasteiger partial charge on any atom is -0.497 e. The molecule has 0 saturated carbocycles. The normalized spacial score (nSPS) is 16.4. The zero-order chi connectivity index (χ0) is 28.3. The number of hydrogen-bond acceptors (Lipinski definition) is 6. The van der Waals surface area contributed by atoms with Gasteiger partial charge in [0.2, 0.25) is 0 Å². The average Bonchev–Trinajstić information content (AvgIpc) is 3.63. The fraction of sp³-hybridized carbons (Fsp3) is 0.0968. The number of aromatic nitrogens is 2. The number of benzene rings is 3. The first kappa shape index (κ1) is 26.5. The van der Waals surface area contributed by atoms with Crippen molar-refractivity contribution in [1.29, 1.82) is 0 Å². The second-order valence-electron chi connectivity index (χ2n) is 9.35. The number of non-ortho nitro benzene ring substituents is 1. The monoisotopic (exact) mass is 579 g/mol. The van der Waals surface area contributed by atoms with Gasteiger partial charge in [-0.25, -0.2) is 0 Å². The van der Waals surface area contributed by atoms with Gasteiger partial charge in [0.25, 0.3) is 5.69 Å². The average molecular weight is 580 g/mol. The molecule has 1 aliphatic heterocycles. The molecule has 204 valence electrons. The van der Waals surface area contributed by atoms with E-state index in [1.807, 2.05) is 72.9 Å². The molecule has 5 aromatic rings. The highest BCUT2D eigenvalue weighted by atomic mass is 32.2. The van der Waals surface area contributed by atoms with E-state index < -0.39 is 4.92 Å². The maximum atomic E-state index is 11.0. The Morgan fingerprint density at radius 1 is 0.927 bits per heavy atom. The molecule has 10 heteroatoms. The van der Waals surface area contributed by atoms with Gasteiger partial charge in [-0.2, -0.15) is 0 Å². The second kappa shape index (κ2) is 11.4. The van der Waals surface area contributed by atoms with Gasteiger partial charge >= 0.3 is 0 Å². The smallest absolute Gasteiger partial charge is 0.269 e. The summed E-state index contributed by atoms with van der Waals surface area (Å²) in [4.78, 5) is 19.3. The number of ether oxygens (including phenoxy) is 1. The molecule has 1 aliphatic rings. The summed E-state index contributed by atoms with van der Waals surface area (Å²) in [7, 11) is 1.66. The van der Waals surface area contributed by atoms with E-state index in [4.69, 9.17) is 17.0 Å². The van der Waals surface area contributed by atoms with Gasteiger partial charge in [0.15, 0.2) is 5.11 Å². The fourth-order valence-corrected chi connectivity index (χ4v) is 6.17. The fourth-order valence-electron chi connectivity index (χ4n) is 5.01. The molecule has 0 bridgehead atoms. The van der Waals surface area contributed by atoms with Crippen molar-refractivity contribution in [3.8, 4) is 11.4 Å². The molecule has 8 nitrogen and oxygen atoms in total. The first-order valence-electron chi connectivity index (χ1n) is 12.9. The van der Waals surface area contributed by atoms with Crippen molar-refractivity contribution < 1.29 is 9.66 Å². The van der Waals surface area contributed by atoms with Crippen LogP contribution in [0.1, 0.15) is 23.5 Å². The van der Waals surface area contributed by atoms with Crippen molar-refractivity contribution in [2.45, 2.75) is 21.9 Å². The third kappa shape index (κ3) is 5.39. The van der Waals surface area contributed by atoms with Gasteiger partial charge in [-0.15, -0.1) is 0 Å². The molecule has 3 heterocycles. The predicted molar refractivity (Wildman–Crippen MR) is 164 cm³/mol. The van der Waals surface area contributed by atoms with Gasteiger partial charge < -0.3 is 19.5 Å². The molecule has 1 saturated heterocycles. The molecular formula is C31H25N5O3S2. The summed E-state index contributed by atoms with van der Waals surface area (Å²) in [6, 6.07) is 32.4. The Bertz CT molecular complexity index is 1690. The quantitative estimate of drug-likeness (QED) is 0.118. The number of rotatable bonds is 8. The summed E-state index contributed by atoms with van der Waals surface area (Å²) in [5, 5.41) is 15.1. The van der Waals surface area contributed by atoms with E-state index in [1.165, 1.54) is 12.1 Å². The lowest BCUT2D eigenvalue weighted by Gasteiger charge is -2.29. The third-order valence-corrected chi connectivity index (χ3v) is 8.24. The first-order chi connectivity index (χ1) is 20.0. The number of nitrogens with zero attached hydrogens (tertiary/aromatic N) is 4. The van der Waals surface area contributed by atoms with Crippen molar-refractivity contribution in [3.63, 3.8) is 0 Å². The van der Waals surface area contributed by atoms with Gasteiger partial charge in [0.1, 0.15) is 11.8 Å². The van der Waals surface area contributed by atoms with Crippen LogP contribution in [-0.2, 0) is 0 Å². The highest BCUT2D eigenvalue weighted by Crippen LogP contribution is 2.43. The Labute approximate surface area is 246 Å². The van der Waals surface area contributed by atoms with Gasteiger partial charge in [-0.3, -0.25) is 15.1 Å². The molecule has 2 aromatic heterocycles. The van der Waals surface area contributed by atoms with Crippen molar-refractivity contribution in [1.82, 2.24) is 14.9 Å². The Balaban J connectivity index is 1.36. The number of nitro groups is 1. The van der Waals surface area contributed by atoms with Crippen LogP contribution in [0.4, 0.5) is 11.4 Å². The zero-order valence-electron chi connectivity index (χ0n) is 22.0. The molecule has 0 spiro atoms. The molecular weight excluding hydrogens is 555 g/mol. The van der Waals surface area contributed by atoms with Crippen LogP contribution in [-0.4, -0.2) is 26.7 Å². The number of nitrogens with one attached hydrogen (secondary N) is 1. The van der Waals surface area contributed by atoms with Crippen molar-refractivity contribution in [3.05, 3.63) is 137 Å². The standard InChI is InChI=1S/C31H25N5O3S2/c1-39-24-7-4-6-23(20-24)34-19-5-9-28(34)30-29(27-8-2-3-18-32-27)33-31(40)35(30)21-10-14-25(15-11-21)41-26-16-12-22(13-17-26)36(37)38/h2-20,29-30H,1H3,(H,33,40)/t29-,30+/m0/s1. The number of methoxy groups -OCH3 is 1. The largest absolute Gasteiger partial charge is 0.497 e. The maximum absolute atomic E-state index is 11.0. The van der Waals surface area contributed by atoms with Gasteiger partial charge in [-0.1, -0.05) is 23.9 Å². The molecule has 0 aliphatic carbocycles. The first-order valence-corrected chi connectivity index (χ1v) is 14.1. The SMILES string of the molecule is COc1cccc(-n2cccc2[C@@H]2[C@H](c3ccccn3)NC(=S)N2c2ccc(Sc3ccc([N+](=O)[O-])cc3)cc2)c1. The topological polar surface area (TPSA) is 85.5 Å². The van der Waals surface area contributed by atoms with Crippen LogP contribution in [0.2, 0.25) is 0 Å². The summed E-state index contributed by atoms with van der Waals surface area (Å²) in [6.45, 7) is 0. The number of hydrogen-bond donors (Lipinski definition) is 1. The van der Waals surface area contributed by atoms with E-state index in [1.54, 1.807) is 37.2 Å². The van der Waals surface area contributed by atoms with E-state index in [0.717, 1.165) is 38.3 Å². The summed E-state index contributed by atoms with van der Waals surface area (Å²) in [6.07, 6.45) is 3.84. The molecule has 2 atom stereocenters. The van der Waals surface area contributed by atoms with Crippen LogP contribution in [0.25, 0.3) is 5.69 Å². The van der Waals surface area contributed by atoms with E-state index in [0.29, 0.717) is 5.11 Å². The van der Waals surface area contributed by atoms with Gasteiger partial charge in [0.05, 0.1) is 23.8 Å². The van der Waals surface area contributed by atoms with Crippen LogP contribution >= 0.6 is 24.0 Å². The molecule has 0 unspecified atom stereocenters. The number of nitro benzene ring substituents is 1. The van der Waals surface area contributed by atoms with Crippen LogP contribution < -0.4 is 15.0 Å². The predicted octanol–water partition coefficient (Wildman–Crippen LogP) is 7.12. The van der Waals surface area contributed by atoms with Crippen molar-refractivity contribution in [2.24, 2.45) is 0 Å². The summed E-state index contributed by atoms with van der Waals surface area (Å²) >= 11 is 7.46. The Morgan fingerprint density at radius 2 is 1.68 bits per heavy atom. The Kier molecular flexibility index (Phi) is 7.41. The van der Waals surface area contributed by atoms with Crippen LogP contribution in [0.3, 0.4) is 0 Å². The lowest BCUT2D eigenvalue weighted by atomic mass is 10.0. The lowest BCUT2D eigenvalue weighted by Crippen LogP contribution is -2.30. The second-order valence-corrected chi connectivity index (χ2v) is 10.9. The molecule has 3 aromatic carbocycles. The Morgan fingerprint density at radius 3 is 2.37 bits per heavy atom. The summed E-state index contributed by atoms with van der Waals surface area (Å²) in [5.74, 6) is 0.779. The molecule has 1 fully saturated rings. The molecule has 0 radical (unpaired) electrons. The highest BCUT2D eigenvalue weighted by Gasteiger charge is 2.42. The minimum absolute atomic E-state index is 0.0759. The summed E-state index contributed by atoms with van der Waals surface area (Å²) in [5.41, 5.74) is 3.94. The number of anilines is 1. The van der Waals surface area contributed by atoms with Gasteiger partial charge in [-0.05, 0) is 85.0 Å². The van der Waals surface area contributed by atoms with E-state index in [2.05, 4.69) is 31.9 Å². The van der Waals surface area contributed by atoms with Crippen LogP contribution in [0, 0.1) is 10.1 Å². The third-order valence-electron chi connectivity index (χ3n) is 6.91. The summed E-state index contributed by atoms with van der Waals surface area (Å²) < 4.78 is 7.64. The molecule has 41 heavy (non-hydrogen) atoms. The maximum Gasteiger partial charge on any atom is 0.269 e. The molecule has 6 rings (SSSR count). The van der Waals surface area contributed by atoms with Crippen LogP contribution in [0.5, 0.6) is 5.75 Å². The van der Waals surface area contributed by atoms with Gasteiger partial charge in [0, 0.05) is 57.5 Å². The van der Waals surface area contributed by atoms with E-state index in [-0.39, 0.29) is 17.8 Å². The number of pyridine rings is 1. The molecule has 1 N–H and O–H groups in total. The Hall–Kier alpha value is -4.67. The molecule has 0 amide bonds. The van der Waals surface area contributed by atoms with Crippen molar-refractivity contribution >= 4 is 40.5 Å². The van der Waals surface area contributed by atoms with E-state index in [9.17, 15) is 10.1 Å². The highest BCUT2D eigenvalue weighted by molar-refractivity contribution is 7.99.